The summed E-state index contributed by atoms with van der Waals surface area (Å²) in [5.41, 5.74) is 0. The van der Waals surface area contributed by atoms with Crippen molar-refractivity contribution in [3.05, 3.63) is 0 Å². The van der Waals surface area contributed by atoms with Crippen LogP contribution < -0.4 is 5.23 Å². The Bertz CT molecular complexity index is 205. The van der Waals surface area contributed by atoms with E-state index in [-0.39, 0.29) is 12.6 Å². The number of hydrogen-bond donors (Lipinski definition) is 1. The summed E-state index contributed by atoms with van der Waals surface area (Å²) in [7, 11) is -0.470. The summed E-state index contributed by atoms with van der Waals surface area (Å²) in [5, 5.41) is 2.77. The molecule has 0 aliphatic heterocycles. The summed E-state index contributed by atoms with van der Waals surface area (Å²) in [5.74, 6) is 0. The van der Waals surface area contributed by atoms with Crippen molar-refractivity contribution in [1.29, 1.82) is 0 Å². The lowest BCUT2D eigenvalue weighted by Gasteiger charge is -2.10. The fraction of sp³-hybridized carbons (Fsp3) is 1.00. The first kappa shape index (κ1) is 11.9. The molecular weight excluding hydrogens is 181 g/mol. The predicted octanol–water partition coefficient (Wildman–Crippen LogP) is -0.879. The average Bonchev–Trinajstić information content (AvgIpc) is 1.95. The Hall–Kier alpha value is -0.105. The second-order valence-electron chi connectivity index (χ2n) is 2.41. The van der Waals surface area contributed by atoms with Crippen molar-refractivity contribution in [2.45, 2.75) is 13.0 Å². The standard InChI is InChI=1S/C5H13BNO4S/c1-5(7-6-10-2)4-11-12(3,8)9/h5,7H,4H2,1-3H3/t5-/m1/s1. The van der Waals surface area contributed by atoms with Crippen molar-refractivity contribution in [1.82, 2.24) is 5.23 Å². The Morgan fingerprint density at radius 3 is 2.58 bits per heavy atom. The molecule has 1 atom stereocenters. The molecule has 0 aromatic heterocycles. The van der Waals surface area contributed by atoms with Crippen LogP contribution in [0.3, 0.4) is 0 Å². The maximum absolute atomic E-state index is 10.5. The highest BCUT2D eigenvalue weighted by Gasteiger charge is 2.06. The molecule has 1 N–H and O–H groups in total. The first-order chi connectivity index (χ1) is 5.45. The quantitative estimate of drug-likeness (QED) is 0.439. The summed E-state index contributed by atoms with van der Waals surface area (Å²) in [6.45, 7) is 1.87. The van der Waals surface area contributed by atoms with Crippen LogP contribution in [0.1, 0.15) is 6.92 Å². The third-order valence-corrected chi connectivity index (χ3v) is 1.57. The Labute approximate surface area is 73.9 Å². The normalized spacial score (nSPS) is 14.2. The zero-order valence-electron chi connectivity index (χ0n) is 7.40. The van der Waals surface area contributed by atoms with Crippen LogP contribution in [0.4, 0.5) is 0 Å². The van der Waals surface area contributed by atoms with E-state index >= 15 is 0 Å². The van der Waals surface area contributed by atoms with E-state index in [2.05, 4.69) is 14.1 Å². The predicted molar refractivity (Wildman–Crippen MR) is 46.2 cm³/mol. The van der Waals surface area contributed by atoms with Gasteiger partial charge in [0.25, 0.3) is 10.1 Å². The maximum Gasteiger partial charge on any atom is 0.395 e. The van der Waals surface area contributed by atoms with Crippen molar-refractivity contribution in [2.75, 3.05) is 20.0 Å². The summed E-state index contributed by atoms with van der Waals surface area (Å²) in [6, 6.07) is -0.0975. The van der Waals surface area contributed by atoms with E-state index in [1.54, 1.807) is 6.92 Å². The third-order valence-electron chi connectivity index (χ3n) is 1.00. The van der Waals surface area contributed by atoms with Crippen molar-refractivity contribution >= 4 is 17.7 Å². The SMILES string of the molecule is CO[B]N[C@H](C)COS(C)(=O)=O. The summed E-state index contributed by atoms with van der Waals surface area (Å²) < 4.78 is 30.2. The molecule has 0 heterocycles. The van der Waals surface area contributed by atoms with Gasteiger partial charge in [-0.1, -0.05) is 0 Å². The molecule has 0 aromatic rings. The zero-order chi connectivity index (χ0) is 9.61. The monoisotopic (exact) mass is 194 g/mol. The van der Waals surface area contributed by atoms with E-state index in [0.717, 1.165) is 6.26 Å². The first-order valence-corrected chi connectivity index (χ1v) is 5.22. The van der Waals surface area contributed by atoms with Crippen molar-refractivity contribution < 1.29 is 17.3 Å². The average molecular weight is 194 g/mol. The minimum atomic E-state index is -3.34. The third kappa shape index (κ3) is 8.00. The van der Waals surface area contributed by atoms with Crippen molar-refractivity contribution in [3.8, 4) is 0 Å². The Balaban J connectivity index is 3.51. The molecule has 71 valence electrons. The molecule has 7 heteroatoms. The van der Waals surface area contributed by atoms with Gasteiger partial charge in [0.05, 0.1) is 12.9 Å². The summed E-state index contributed by atoms with van der Waals surface area (Å²) >= 11 is 0. The van der Waals surface area contributed by atoms with Crippen LogP contribution in [-0.2, 0) is 19.0 Å². The van der Waals surface area contributed by atoms with Gasteiger partial charge in [0.2, 0.25) is 0 Å². The van der Waals surface area contributed by atoms with E-state index in [9.17, 15) is 8.42 Å². The Morgan fingerprint density at radius 2 is 2.17 bits per heavy atom. The van der Waals surface area contributed by atoms with Crippen LogP contribution in [0.15, 0.2) is 0 Å². The van der Waals surface area contributed by atoms with Gasteiger partial charge in [0, 0.05) is 13.2 Å². The molecule has 1 radical (unpaired) electrons. The fourth-order valence-corrected chi connectivity index (χ4v) is 0.909. The van der Waals surface area contributed by atoms with Crippen LogP contribution in [0.25, 0.3) is 0 Å². The second-order valence-corrected chi connectivity index (χ2v) is 4.05. The van der Waals surface area contributed by atoms with Gasteiger partial charge in [-0.15, -0.1) is 0 Å². The molecule has 0 aliphatic rings. The molecule has 0 fully saturated rings. The molecule has 0 unspecified atom stereocenters. The molecule has 0 spiro atoms. The van der Waals surface area contributed by atoms with Gasteiger partial charge in [0.15, 0.2) is 0 Å². The van der Waals surface area contributed by atoms with Crippen LogP contribution in [0, 0.1) is 0 Å². The molecule has 0 aliphatic carbocycles. The number of hydrogen-bond acceptors (Lipinski definition) is 5. The van der Waals surface area contributed by atoms with Crippen LogP contribution >= 0.6 is 0 Å². The topological polar surface area (TPSA) is 64.6 Å². The molecule has 0 aromatic carbocycles. The van der Waals surface area contributed by atoms with E-state index < -0.39 is 10.1 Å². The maximum atomic E-state index is 10.5. The highest BCUT2D eigenvalue weighted by Crippen LogP contribution is 1.89. The number of rotatable bonds is 6. The minimum absolute atomic E-state index is 0.0959. The molecule has 12 heavy (non-hydrogen) atoms. The lowest BCUT2D eigenvalue weighted by molar-refractivity contribution is 0.289. The van der Waals surface area contributed by atoms with E-state index in [0.29, 0.717) is 0 Å². The smallest absolute Gasteiger partial charge is 0.395 e. The van der Waals surface area contributed by atoms with Gasteiger partial charge >= 0.3 is 7.62 Å². The fourth-order valence-electron chi connectivity index (χ4n) is 0.458. The van der Waals surface area contributed by atoms with E-state index in [1.807, 2.05) is 0 Å². The van der Waals surface area contributed by atoms with Gasteiger partial charge in [-0.3, -0.25) is 4.18 Å². The largest absolute Gasteiger partial charge is 0.427 e. The van der Waals surface area contributed by atoms with Crippen LogP contribution in [0.5, 0.6) is 0 Å². The summed E-state index contributed by atoms with van der Waals surface area (Å²) in [6.07, 6.45) is 1.01. The molecule has 0 saturated heterocycles. The zero-order valence-corrected chi connectivity index (χ0v) is 8.22. The summed E-state index contributed by atoms with van der Waals surface area (Å²) in [4.78, 5) is 0. The van der Waals surface area contributed by atoms with E-state index in [4.69, 9.17) is 0 Å². The van der Waals surface area contributed by atoms with Gasteiger partial charge < -0.3 is 9.88 Å². The van der Waals surface area contributed by atoms with Crippen molar-refractivity contribution in [2.24, 2.45) is 0 Å². The molecule has 0 bridgehead atoms. The van der Waals surface area contributed by atoms with Crippen LogP contribution in [0.2, 0.25) is 0 Å². The second kappa shape index (κ2) is 5.53. The van der Waals surface area contributed by atoms with Gasteiger partial charge in [-0.2, -0.15) is 8.42 Å². The van der Waals surface area contributed by atoms with Gasteiger partial charge in [-0.05, 0) is 6.92 Å². The van der Waals surface area contributed by atoms with Crippen molar-refractivity contribution in [3.63, 3.8) is 0 Å². The molecule has 0 amide bonds. The lowest BCUT2D eigenvalue weighted by atomic mass is 10.2. The molecular formula is C5H13BNO4S. The molecule has 5 nitrogen and oxygen atoms in total. The molecule has 0 saturated carbocycles. The van der Waals surface area contributed by atoms with E-state index in [1.165, 1.54) is 14.7 Å². The molecule has 0 rings (SSSR count). The first-order valence-electron chi connectivity index (χ1n) is 3.40. The highest BCUT2D eigenvalue weighted by atomic mass is 32.2. The minimum Gasteiger partial charge on any atom is -0.427 e. The van der Waals surface area contributed by atoms with Crippen LogP contribution in [-0.4, -0.2) is 42.0 Å². The van der Waals surface area contributed by atoms with Gasteiger partial charge in [-0.25, -0.2) is 0 Å². The highest BCUT2D eigenvalue weighted by molar-refractivity contribution is 7.85. The lowest BCUT2D eigenvalue weighted by Crippen LogP contribution is -2.35. The van der Waals surface area contributed by atoms with Gasteiger partial charge in [0.1, 0.15) is 0 Å². The Morgan fingerprint density at radius 1 is 1.58 bits per heavy atom. The number of nitrogens with one attached hydrogen (secondary N) is 1. The Kier molecular flexibility index (Phi) is 5.48.